The van der Waals surface area contributed by atoms with Crippen molar-refractivity contribution in [3.63, 3.8) is 0 Å². The van der Waals surface area contributed by atoms with Crippen LogP contribution in [0.25, 0.3) is 0 Å². The Morgan fingerprint density at radius 1 is 1.36 bits per heavy atom. The second-order valence-electron chi connectivity index (χ2n) is 2.40. The van der Waals surface area contributed by atoms with Crippen LogP contribution < -0.4 is 11.5 Å². The average molecular weight is 151 g/mol. The van der Waals surface area contributed by atoms with Gasteiger partial charge in [0.25, 0.3) is 0 Å². The molecule has 60 valence electrons. The number of aromatic nitrogens is 1. The van der Waals surface area contributed by atoms with Crippen molar-refractivity contribution in [2.75, 3.05) is 6.54 Å². The first-order valence-corrected chi connectivity index (χ1v) is 3.70. The largest absolute Gasteiger partial charge is 0.330 e. The topological polar surface area (TPSA) is 64.9 Å². The Hall–Kier alpha value is -0.930. The molecule has 0 spiro atoms. The fraction of sp³-hybridized carbons (Fsp3) is 0.375. The third-order valence-electron chi connectivity index (χ3n) is 1.52. The van der Waals surface area contributed by atoms with Crippen LogP contribution in [0.5, 0.6) is 0 Å². The van der Waals surface area contributed by atoms with Gasteiger partial charge in [-0.05, 0) is 30.7 Å². The molecule has 11 heavy (non-hydrogen) atoms. The molecule has 0 aliphatic rings. The molecule has 0 atom stereocenters. The number of rotatable bonds is 3. The summed E-state index contributed by atoms with van der Waals surface area (Å²) in [4.78, 5) is 4.07. The first-order valence-electron chi connectivity index (χ1n) is 3.70. The number of hydrogen-bond donors (Lipinski definition) is 2. The zero-order chi connectivity index (χ0) is 8.10. The van der Waals surface area contributed by atoms with E-state index < -0.39 is 0 Å². The lowest BCUT2D eigenvalue weighted by molar-refractivity contribution is 0.933. The lowest BCUT2D eigenvalue weighted by Crippen LogP contribution is -2.05. The van der Waals surface area contributed by atoms with Crippen LogP contribution in [-0.4, -0.2) is 11.5 Å². The van der Waals surface area contributed by atoms with Crippen molar-refractivity contribution in [2.24, 2.45) is 11.5 Å². The minimum absolute atomic E-state index is 0.498. The standard InChI is InChI=1S/C8H13N3/c9-3-1-7-2-4-11-8(5-7)6-10/h2,4-5H,1,3,6,9-10H2. The van der Waals surface area contributed by atoms with Crippen LogP contribution >= 0.6 is 0 Å². The van der Waals surface area contributed by atoms with Gasteiger partial charge in [0.2, 0.25) is 0 Å². The van der Waals surface area contributed by atoms with E-state index in [1.807, 2.05) is 12.1 Å². The molecular formula is C8H13N3. The van der Waals surface area contributed by atoms with E-state index in [0.29, 0.717) is 13.1 Å². The normalized spacial score (nSPS) is 10.0. The second kappa shape index (κ2) is 4.05. The van der Waals surface area contributed by atoms with E-state index in [-0.39, 0.29) is 0 Å². The summed E-state index contributed by atoms with van der Waals surface area (Å²) in [6.45, 7) is 1.17. The zero-order valence-corrected chi connectivity index (χ0v) is 6.46. The van der Waals surface area contributed by atoms with Crippen molar-refractivity contribution < 1.29 is 0 Å². The minimum atomic E-state index is 0.498. The van der Waals surface area contributed by atoms with Gasteiger partial charge in [-0.2, -0.15) is 0 Å². The third kappa shape index (κ3) is 2.29. The van der Waals surface area contributed by atoms with Crippen LogP contribution in [0.15, 0.2) is 18.3 Å². The molecular weight excluding hydrogens is 138 g/mol. The summed E-state index contributed by atoms with van der Waals surface area (Å²) in [7, 11) is 0. The minimum Gasteiger partial charge on any atom is -0.330 e. The summed E-state index contributed by atoms with van der Waals surface area (Å²) >= 11 is 0. The van der Waals surface area contributed by atoms with Crippen molar-refractivity contribution in [1.82, 2.24) is 4.98 Å². The molecule has 0 amide bonds. The second-order valence-corrected chi connectivity index (χ2v) is 2.40. The summed E-state index contributed by atoms with van der Waals surface area (Å²) in [5.41, 5.74) is 13.0. The lowest BCUT2D eigenvalue weighted by Gasteiger charge is -1.99. The van der Waals surface area contributed by atoms with Crippen molar-refractivity contribution in [1.29, 1.82) is 0 Å². The van der Waals surface area contributed by atoms with Crippen molar-refractivity contribution in [3.05, 3.63) is 29.6 Å². The highest BCUT2D eigenvalue weighted by atomic mass is 14.7. The molecule has 0 bridgehead atoms. The molecule has 4 N–H and O–H groups in total. The Balaban J connectivity index is 2.74. The van der Waals surface area contributed by atoms with Crippen LogP contribution in [0.3, 0.4) is 0 Å². The molecule has 3 heteroatoms. The van der Waals surface area contributed by atoms with Gasteiger partial charge >= 0.3 is 0 Å². The highest BCUT2D eigenvalue weighted by Gasteiger charge is 1.93. The van der Waals surface area contributed by atoms with Gasteiger partial charge in [-0.3, -0.25) is 4.98 Å². The molecule has 0 aliphatic heterocycles. The molecule has 0 saturated carbocycles. The van der Waals surface area contributed by atoms with Gasteiger partial charge in [0.1, 0.15) is 0 Å². The molecule has 0 unspecified atom stereocenters. The number of pyridine rings is 1. The maximum atomic E-state index is 5.42. The molecule has 0 aromatic carbocycles. The highest BCUT2D eigenvalue weighted by molar-refractivity contribution is 5.16. The molecule has 1 heterocycles. The van der Waals surface area contributed by atoms with E-state index in [1.165, 1.54) is 5.56 Å². The Morgan fingerprint density at radius 2 is 2.18 bits per heavy atom. The number of nitrogens with two attached hydrogens (primary N) is 2. The average Bonchev–Trinajstić information content (AvgIpc) is 2.06. The van der Waals surface area contributed by atoms with Crippen molar-refractivity contribution >= 4 is 0 Å². The summed E-state index contributed by atoms with van der Waals surface area (Å²) < 4.78 is 0. The van der Waals surface area contributed by atoms with E-state index in [9.17, 15) is 0 Å². The quantitative estimate of drug-likeness (QED) is 0.641. The first-order chi connectivity index (χ1) is 5.36. The third-order valence-corrected chi connectivity index (χ3v) is 1.52. The van der Waals surface area contributed by atoms with Gasteiger partial charge in [0.05, 0.1) is 5.69 Å². The zero-order valence-electron chi connectivity index (χ0n) is 6.46. The maximum Gasteiger partial charge on any atom is 0.0542 e. The monoisotopic (exact) mass is 151 g/mol. The smallest absolute Gasteiger partial charge is 0.0542 e. The predicted molar refractivity (Wildman–Crippen MR) is 44.9 cm³/mol. The Kier molecular flexibility index (Phi) is 3.01. The lowest BCUT2D eigenvalue weighted by atomic mass is 10.2. The molecule has 3 nitrogen and oxygen atoms in total. The van der Waals surface area contributed by atoms with E-state index in [0.717, 1.165) is 12.1 Å². The van der Waals surface area contributed by atoms with E-state index in [4.69, 9.17) is 11.5 Å². The Labute approximate surface area is 66.4 Å². The predicted octanol–water partition coefficient (Wildman–Crippen LogP) is 0.0415. The fourth-order valence-corrected chi connectivity index (χ4v) is 0.962. The van der Waals surface area contributed by atoms with Crippen LogP contribution in [0.2, 0.25) is 0 Å². The summed E-state index contributed by atoms with van der Waals surface area (Å²) in [6.07, 6.45) is 2.67. The summed E-state index contributed by atoms with van der Waals surface area (Å²) in [5.74, 6) is 0. The van der Waals surface area contributed by atoms with Gasteiger partial charge in [-0.25, -0.2) is 0 Å². The van der Waals surface area contributed by atoms with E-state index in [2.05, 4.69) is 4.98 Å². The van der Waals surface area contributed by atoms with Crippen LogP contribution in [0.1, 0.15) is 11.3 Å². The van der Waals surface area contributed by atoms with Gasteiger partial charge in [0, 0.05) is 12.7 Å². The molecule has 0 aliphatic carbocycles. The van der Waals surface area contributed by atoms with Crippen LogP contribution in [0.4, 0.5) is 0 Å². The van der Waals surface area contributed by atoms with Crippen LogP contribution in [0, 0.1) is 0 Å². The fourth-order valence-electron chi connectivity index (χ4n) is 0.962. The maximum absolute atomic E-state index is 5.42. The molecule has 1 rings (SSSR count). The highest BCUT2D eigenvalue weighted by Crippen LogP contribution is 2.00. The van der Waals surface area contributed by atoms with Gasteiger partial charge in [0.15, 0.2) is 0 Å². The van der Waals surface area contributed by atoms with Crippen molar-refractivity contribution in [3.8, 4) is 0 Å². The number of nitrogens with zero attached hydrogens (tertiary/aromatic N) is 1. The van der Waals surface area contributed by atoms with Crippen molar-refractivity contribution in [2.45, 2.75) is 13.0 Å². The SMILES string of the molecule is NCCc1ccnc(CN)c1. The Bertz CT molecular complexity index is 222. The molecule has 1 aromatic rings. The van der Waals surface area contributed by atoms with E-state index in [1.54, 1.807) is 6.20 Å². The van der Waals surface area contributed by atoms with Gasteiger partial charge in [-0.15, -0.1) is 0 Å². The summed E-state index contributed by atoms with van der Waals surface area (Å²) in [5, 5.41) is 0. The Morgan fingerprint density at radius 3 is 2.82 bits per heavy atom. The van der Waals surface area contributed by atoms with Crippen LogP contribution in [-0.2, 0) is 13.0 Å². The molecule has 1 aromatic heterocycles. The summed E-state index contributed by atoms with van der Waals surface area (Å²) in [6, 6.07) is 3.96. The molecule has 0 radical (unpaired) electrons. The first kappa shape index (κ1) is 8.17. The number of hydrogen-bond acceptors (Lipinski definition) is 3. The van der Waals surface area contributed by atoms with Gasteiger partial charge < -0.3 is 11.5 Å². The molecule has 0 fully saturated rings. The van der Waals surface area contributed by atoms with E-state index >= 15 is 0 Å². The molecule has 0 saturated heterocycles. The van der Waals surface area contributed by atoms with Gasteiger partial charge in [-0.1, -0.05) is 0 Å².